The molecule has 86 valence electrons. The summed E-state index contributed by atoms with van der Waals surface area (Å²) in [6.45, 7) is 0.737. The quantitative estimate of drug-likeness (QED) is 0.421. The molecule has 0 aliphatic carbocycles. The van der Waals surface area contributed by atoms with Crippen molar-refractivity contribution in [3.63, 3.8) is 0 Å². The lowest BCUT2D eigenvalue weighted by Crippen LogP contribution is -2.40. The van der Waals surface area contributed by atoms with Crippen LogP contribution in [0.15, 0.2) is 0 Å². The fourth-order valence-electron chi connectivity index (χ4n) is 0.750. The average Bonchev–Trinajstić information content (AvgIpc) is 2.10. The molecule has 0 aromatic carbocycles. The van der Waals surface area contributed by atoms with Crippen LogP contribution in [0.2, 0.25) is 0 Å². The van der Waals surface area contributed by atoms with Gasteiger partial charge < -0.3 is 21.3 Å². The van der Waals surface area contributed by atoms with Crippen LogP contribution in [0, 0.1) is 0 Å². The van der Waals surface area contributed by atoms with E-state index < -0.39 is 0 Å². The zero-order valence-corrected chi connectivity index (χ0v) is 9.69. The van der Waals surface area contributed by atoms with Crippen LogP contribution < -0.4 is 16.4 Å². The van der Waals surface area contributed by atoms with E-state index in [0.717, 1.165) is 0 Å². The monoisotopic (exact) mass is 232 g/mol. The summed E-state index contributed by atoms with van der Waals surface area (Å²) in [5, 5.41) is 5.17. The van der Waals surface area contributed by atoms with Crippen molar-refractivity contribution in [1.29, 1.82) is 0 Å². The van der Waals surface area contributed by atoms with E-state index in [2.05, 4.69) is 22.9 Å². The van der Waals surface area contributed by atoms with Crippen LogP contribution in [0.5, 0.6) is 0 Å². The van der Waals surface area contributed by atoms with Crippen LogP contribution >= 0.6 is 12.2 Å². The van der Waals surface area contributed by atoms with Crippen molar-refractivity contribution in [2.24, 2.45) is 5.73 Å². The largest absolute Gasteiger partial charge is 0.393 e. The number of urea groups is 1. The molecule has 6 nitrogen and oxygen atoms in total. The van der Waals surface area contributed by atoms with Crippen molar-refractivity contribution in [3.8, 4) is 0 Å². The first-order chi connectivity index (χ1) is 6.93. The second-order valence-electron chi connectivity index (χ2n) is 3.12. The molecule has 0 atom stereocenters. The van der Waals surface area contributed by atoms with Gasteiger partial charge in [-0.1, -0.05) is 12.2 Å². The summed E-state index contributed by atoms with van der Waals surface area (Å²) in [7, 11) is 3.28. The van der Waals surface area contributed by atoms with Gasteiger partial charge in [0.25, 0.3) is 0 Å². The minimum atomic E-state index is -0.235. The zero-order chi connectivity index (χ0) is 11.8. The van der Waals surface area contributed by atoms with E-state index in [1.807, 2.05) is 0 Å². The van der Waals surface area contributed by atoms with Gasteiger partial charge in [-0.25, -0.2) is 4.79 Å². The number of thiocarbonyl (C=S) groups is 1. The van der Waals surface area contributed by atoms with Crippen molar-refractivity contribution < 1.29 is 9.59 Å². The Balaban J connectivity index is 3.50. The predicted molar refractivity (Wildman–Crippen MR) is 61.5 cm³/mol. The molecule has 4 N–H and O–H groups in total. The number of amides is 3. The predicted octanol–water partition coefficient (Wildman–Crippen LogP) is -0.950. The van der Waals surface area contributed by atoms with Crippen LogP contribution in [-0.2, 0) is 4.79 Å². The van der Waals surface area contributed by atoms with E-state index in [1.54, 1.807) is 14.1 Å². The van der Waals surface area contributed by atoms with Gasteiger partial charge >= 0.3 is 6.03 Å². The number of nitrogens with two attached hydrogens (primary N) is 1. The highest BCUT2D eigenvalue weighted by Gasteiger charge is 2.03. The lowest BCUT2D eigenvalue weighted by Gasteiger charge is -2.12. The average molecular weight is 232 g/mol. The molecule has 0 fully saturated rings. The number of rotatable bonds is 5. The van der Waals surface area contributed by atoms with Crippen molar-refractivity contribution >= 4 is 29.1 Å². The van der Waals surface area contributed by atoms with Crippen LogP contribution in [-0.4, -0.2) is 49.0 Å². The van der Waals surface area contributed by atoms with Crippen molar-refractivity contribution in [2.75, 3.05) is 27.2 Å². The van der Waals surface area contributed by atoms with Gasteiger partial charge in [-0.2, -0.15) is 0 Å². The lowest BCUT2D eigenvalue weighted by molar-refractivity contribution is -0.119. The molecule has 0 aliphatic rings. The first kappa shape index (κ1) is 13.6. The maximum atomic E-state index is 11.0. The van der Waals surface area contributed by atoms with Crippen LogP contribution in [0.4, 0.5) is 4.79 Å². The number of carbonyl (C=O) groups excluding carboxylic acids is 2. The summed E-state index contributed by atoms with van der Waals surface area (Å²) < 4.78 is 0. The minimum Gasteiger partial charge on any atom is -0.393 e. The Morgan fingerprint density at radius 3 is 2.27 bits per heavy atom. The molecule has 0 heterocycles. The summed E-state index contributed by atoms with van der Waals surface area (Å²) in [5.74, 6) is -0.235. The second kappa shape index (κ2) is 6.99. The van der Waals surface area contributed by atoms with Gasteiger partial charge in [0.1, 0.15) is 0 Å². The van der Waals surface area contributed by atoms with Crippen LogP contribution in [0.3, 0.4) is 0 Å². The molecule has 0 rings (SSSR count). The third kappa shape index (κ3) is 7.68. The van der Waals surface area contributed by atoms with Gasteiger partial charge in [-0.3, -0.25) is 4.79 Å². The fraction of sp³-hybridized carbons (Fsp3) is 0.625. The maximum Gasteiger partial charge on any atom is 0.316 e. The van der Waals surface area contributed by atoms with E-state index >= 15 is 0 Å². The number of carbonyl (C=O) groups is 2. The minimum absolute atomic E-state index is 0.0387. The van der Waals surface area contributed by atoms with E-state index in [0.29, 0.717) is 13.1 Å². The molecule has 3 amide bonds. The molecule has 0 aromatic rings. The van der Waals surface area contributed by atoms with Crippen molar-refractivity contribution in [1.82, 2.24) is 15.5 Å². The Labute approximate surface area is 94.2 Å². The number of hydrogen-bond donors (Lipinski definition) is 3. The highest BCUT2D eigenvalue weighted by molar-refractivity contribution is 7.80. The Morgan fingerprint density at radius 1 is 1.27 bits per heavy atom. The summed E-state index contributed by atoms with van der Waals surface area (Å²) in [6, 6.07) is -0.196. The van der Waals surface area contributed by atoms with Gasteiger partial charge in [-0.15, -0.1) is 0 Å². The third-order valence-corrected chi connectivity index (χ3v) is 1.61. The number of hydrogen-bond acceptors (Lipinski definition) is 3. The smallest absolute Gasteiger partial charge is 0.316 e. The molecule has 15 heavy (non-hydrogen) atoms. The van der Waals surface area contributed by atoms with Crippen molar-refractivity contribution in [2.45, 2.75) is 6.42 Å². The Bertz CT molecular complexity index is 255. The van der Waals surface area contributed by atoms with E-state index in [9.17, 15) is 9.59 Å². The summed E-state index contributed by atoms with van der Waals surface area (Å²) in [6.07, 6.45) is 0.0387. The maximum absolute atomic E-state index is 11.0. The van der Waals surface area contributed by atoms with Gasteiger partial charge in [0.15, 0.2) is 0 Å². The third-order valence-electron chi connectivity index (χ3n) is 1.46. The van der Waals surface area contributed by atoms with Gasteiger partial charge in [0.05, 0.1) is 11.4 Å². The van der Waals surface area contributed by atoms with Gasteiger partial charge in [-0.05, 0) is 0 Å². The topological polar surface area (TPSA) is 87.5 Å². The molecule has 0 saturated heterocycles. The standard InChI is InChI=1S/C8H16N4O2S/c1-12(2)8(14)11-4-3-10-7(13)5-6(9)15/h3-5H2,1-2H3,(H2,9,15)(H,10,13)(H,11,14). The molecule has 0 aliphatic heterocycles. The first-order valence-corrected chi connectivity index (χ1v) is 4.84. The molecule has 0 aromatic heterocycles. The normalized spacial score (nSPS) is 9.20. The Morgan fingerprint density at radius 2 is 1.80 bits per heavy atom. The summed E-state index contributed by atoms with van der Waals surface area (Å²) in [4.78, 5) is 23.6. The Kier molecular flexibility index (Phi) is 6.35. The van der Waals surface area contributed by atoms with Crippen LogP contribution in [0.1, 0.15) is 6.42 Å². The summed E-state index contributed by atoms with van der Waals surface area (Å²) in [5.41, 5.74) is 5.18. The zero-order valence-electron chi connectivity index (χ0n) is 8.87. The highest BCUT2D eigenvalue weighted by atomic mass is 32.1. The first-order valence-electron chi connectivity index (χ1n) is 4.43. The van der Waals surface area contributed by atoms with Crippen LogP contribution in [0.25, 0.3) is 0 Å². The van der Waals surface area contributed by atoms with Gasteiger partial charge in [0.2, 0.25) is 5.91 Å². The molecular weight excluding hydrogens is 216 g/mol. The van der Waals surface area contributed by atoms with E-state index in [-0.39, 0.29) is 23.3 Å². The van der Waals surface area contributed by atoms with Gasteiger partial charge in [0, 0.05) is 27.2 Å². The SMILES string of the molecule is CN(C)C(=O)NCCNC(=O)CC(N)=S. The molecule has 0 radical (unpaired) electrons. The molecule has 7 heteroatoms. The second-order valence-corrected chi connectivity index (χ2v) is 3.64. The molecule has 0 spiro atoms. The fourth-order valence-corrected chi connectivity index (χ4v) is 0.881. The number of nitrogens with one attached hydrogen (secondary N) is 2. The molecule has 0 bridgehead atoms. The number of nitrogens with zero attached hydrogens (tertiary/aromatic N) is 1. The molecule has 0 unspecified atom stereocenters. The summed E-state index contributed by atoms with van der Waals surface area (Å²) >= 11 is 4.57. The highest BCUT2D eigenvalue weighted by Crippen LogP contribution is 1.79. The van der Waals surface area contributed by atoms with Crippen molar-refractivity contribution in [3.05, 3.63) is 0 Å². The van der Waals surface area contributed by atoms with E-state index in [4.69, 9.17) is 5.73 Å². The van der Waals surface area contributed by atoms with E-state index in [1.165, 1.54) is 4.90 Å². The Hall–Kier alpha value is -1.37. The lowest BCUT2D eigenvalue weighted by atomic mass is 10.4. The molecular formula is C8H16N4O2S. The molecule has 0 saturated carbocycles.